The van der Waals surface area contributed by atoms with E-state index < -0.39 is 0 Å². The number of hydrogen-bond donors (Lipinski definition) is 1. The molecule has 0 rings (SSSR count). The van der Waals surface area contributed by atoms with Gasteiger partial charge >= 0.3 is 0 Å². The lowest BCUT2D eigenvalue weighted by molar-refractivity contribution is 0.359. The van der Waals surface area contributed by atoms with Gasteiger partial charge in [-0.1, -0.05) is 54.4 Å². The zero-order chi connectivity index (χ0) is 11.6. The van der Waals surface area contributed by atoms with Crippen LogP contribution in [0, 0.1) is 17.8 Å². The Labute approximate surface area is 91.5 Å². The van der Waals surface area contributed by atoms with Gasteiger partial charge in [-0.25, -0.2) is 0 Å². The van der Waals surface area contributed by atoms with Gasteiger partial charge < -0.3 is 5.73 Å². The molecule has 0 radical (unpaired) electrons. The highest BCUT2D eigenvalue weighted by Gasteiger charge is 2.07. The summed E-state index contributed by atoms with van der Waals surface area (Å²) in [7, 11) is 0. The molecule has 14 heavy (non-hydrogen) atoms. The van der Waals surface area contributed by atoms with Crippen LogP contribution in [0.15, 0.2) is 0 Å². The minimum atomic E-state index is 0.806. The molecule has 0 spiro atoms. The van der Waals surface area contributed by atoms with Crippen molar-refractivity contribution in [3.8, 4) is 0 Å². The van der Waals surface area contributed by atoms with Crippen molar-refractivity contribution >= 4 is 0 Å². The second-order valence-electron chi connectivity index (χ2n) is 4.74. The predicted octanol–water partition coefficient (Wildman–Crippen LogP) is 4.07. The van der Waals surface area contributed by atoms with E-state index in [9.17, 15) is 0 Å². The Hall–Kier alpha value is -0.0400. The van der Waals surface area contributed by atoms with Gasteiger partial charge in [-0.2, -0.15) is 0 Å². The van der Waals surface area contributed by atoms with Gasteiger partial charge in [0.05, 0.1) is 0 Å². The number of rotatable bonds is 5. The summed E-state index contributed by atoms with van der Waals surface area (Å²) in [6.07, 6.45) is 3.76. The Morgan fingerprint density at radius 1 is 0.857 bits per heavy atom. The molecule has 0 fully saturated rings. The minimum absolute atomic E-state index is 0.806. The summed E-state index contributed by atoms with van der Waals surface area (Å²) in [5, 5.41) is 0. The molecule has 0 aliphatic heterocycles. The van der Waals surface area contributed by atoms with E-state index in [1.165, 1.54) is 19.3 Å². The van der Waals surface area contributed by atoms with Crippen LogP contribution in [0.25, 0.3) is 0 Å². The average molecular weight is 201 g/mol. The lowest BCUT2D eigenvalue weighted by Crippen LogP contribution is -2.12. The molecule has 2 atom stereocenters. The van der Waals surface area contributed by atoms with Crippen LogP contribution in [0.3, 0.4) is 0 Å². The summed E-state index contributed by atoms with van der Waals surface area (Å²) >= 11 is 0. The lowest BCUT2D eigenvalue weighted by Gasteiger charge is -2.16. The number of nitrogens with two attached hydrogens (primary N) is 1. The smallest absolute Gasteiger partial charge is 0.00746 e. The summed E-state index contributed by atoms with van der Waals surface area (Å²) < 4.78 is 0. The molecule has 0 aromatic rings. The van der Waals surface area contributed by atoms with Crippen LogP contribution in [0.1, 0.15) is 60.8 Å². The summed E-state index contributed by atoms with van der Waals surface area (Å²) in [5.41, 5.74) is 5.42. The van der Waals surface area contributed by atoms with Gasteiger partial charge in [-0.05, 0) is 30.7 Å². The second-order valence-corrected chi connectivity index (χ2v) is 4.74. The van der Waals surface area contributed by atoms with E-state index in [0.717, 1.165) is 24.3 Å². The van der Waals surface area contributed by atoms with Crippen LogP contribution in [0.5, 0.6) is 0 Å². The van der Waals surface area contributed by atoms with Crippen molar-refractivity contribution in [2.75, 3.05) is 6.54 Å². The molecule has 0 heterocycles. The summed E-state index contributed by atoms with van der Waals surface area (Å²) in [4.78, 5) is 0. The predicted molar refractivity (Wildman–Crippen MR) is 67.4 cm³/mol. The average Bonchev–Trinajstić information content (AvgIpc) is 2.17. The minimum Gasteiger partial charge on any atom is -0.330 e. The summed E-state index contributed by atoms with van der Waals surface area (Å²) in [5.74, 6) is 2.53. The Balaban J connectivity index is 0. The highest BCUT2D eigenvalue weighted by atomic mass is 14.5. The third kappa shape index (κ3) is 12.0. The Kier molecular flexibility index (Phi) is 12.9. The molecule has 0 aliphatic carbocycles. The topological polar surface area (TPSA) is 26.0 Å². The van der Waals surface area contributed by atoms with Crippen molar-refractivity contribution in [2.45, 2.75) is 60.8 Å². The number of hydrogen-bond acceptors (Lipinski definition) is 1. The highest BCUT2D eigenvalue weighted by molar-refractivity contribution is 4.59. The van der Waals surface area contributed by atoms with E-state index in [1.54, 1.807) is 0 Å². The van der Waals surface area contributed by atoms with Gasteiger partial charge in [0.2, 0.25) is 0 Å². The van der Waals surface area contributed by atoms with Crippen LogP contribution < -0.4 is 5.73 Å². The third-order valence-electron chi connectivity index (χ3n) is 3.05. The van der Waals surface area contributed by atoms with Crippen molar-refractivity contribution in [1.82, 2.24) is 0 Å². The maximum Gasteiger partial charge on any atom is -0.00746 e. The second kappa shape index (κ2) is 11.0. The molecular formula is C13H31N. The molecule has 0 aromatic carbocycles. The van der Waals surface area contributed by atoms with Crippen LogP contribution in [0.4, 0.5) is 0 Å². The van der Waals surface area contributed by atoms with Crippen molar-refractivity contribution < 1.29 is 0 Å². The fraction of sp³-hybridized carbons (Fsp3) is 1.00. The molecular weight excluding hydrogens is 170 g/mol. The highest BCUT2D eigenvalue weighted by Crippen LogP contribution is 2.16. The van der Waals surface area contributed by atoms with E-state index in [4.69, 9.17) is 5.73 Å². The molecule has 0 aromatic heterocycles. The molecule has 2 unspecified atom stereocenters. The monoisotopic (exact) mass is 201 g/mol. The van der Waals surface area contributed by atoms with Crippen LogP contribution in [-0.4, -0.2) is 6.54 Å². The van der Waals surface area contributed by atoms with Crippen molar-refractivity contribution in [3.05, 3.63) is 0 Å². The standard InChI is InChI=1S/C8H19N.C5H12/c1-4-7(2)8(3)5-6-9;1-4-5(2)3/h7-8H,4-6,9H2,1-3H3;5H,4H2,1-3H3. The molecule has 1 heteroatoms. The zero-order valence-electron chi connectivity index (χ0n) is 11.1. The summed E-state index contributed by atoms with van der Waals surface area (Å²) in [6.45, 7) is 14.3. The van der Waals surface area contributed by atoms with Gasteiger partial charge in [-0.3, -0.25) is 0 Å². The Morgan fingerprint density at radius 2 is 1.29 bits per heavy atom. The maximum absolute atomic E-state index is 5.42. The first kappa shape index (κ1) is 16.4. The molecule has 2 N–H and O–H groups in total. The maximum atomic E-state index is 5.42. The fourth-order valence-corrected chi connectivity index (χ4v) is 0.950. The molecule has 1 nitrogen and oxygen atoms in total. The van der Waals surface area contributed by atoms with E-state index in [1.807, 2.05) is 0 Å². The van der Waals surface area contributed by atoms with E-state index in [2.05, 4.69) is 41.5 Å². The summed E-state index contributed by atoms with van der Waals surface area (Å²) in [6, 6.07) is 0. The molecule has 0 amide bonds. The van der Waals surface area contributed by atoms with Gasteiger partial charge in [0.25, 0.3) is 0 Å². The zero-order valence-corrected chi connectivity index (χ0v) is 11.1. The SMILES string of the molecule is CCC(C)C.CCC(C)C(C)CCN. The lowest BCUT2D eigenvalue weighted by atomic mass is 9.91. The normalized spacial score (nSPS) is 14.6. The first-order valence-corrected chi connectivity index (χ1v) is 6.19. The quantitative estimate of drug-likeness (QED) is 0.713. The molecule has 88 valence electrons. The molecule has 0 aliphatic rings. The Bertz CT molecular complexity index is 99.4. The van der Waals surface area contributed by atoms with Crippen LogP contribution >= 0.6 is 0 Å². The molecule has 0 saturated heterocycles. The van der Waals surface area contributed by atoms with Crippen molar-refractivity contribution in [3.63, 3.8) is 0 Å². The van der Waals surface area contributed by atoms with Gasteiger partial charge in [0, 0.05) is 0 Å². The van der Waals surface area contributed by atoms with Gasteiger partial charge in [0.15, 0.2) is 0 Å². The first-order chi connectivity index (χ1) is 6.49. The first-order valence-electron chi connectivity index (χ1n) is 6.19. The third-order valence-corrected chi connectivity index (χ3v) is 3.05. The van der Waals surface area contributed by atoms with Crippen molar-refractivity contribution in [2.24, 2.45) is 23.5 Å². The molecule has 0 saturated carbocycles. The van der Waals surface area contributed by atoms with Crippen molar-refractivity contribution in [1.29, 1.82) is 0 Å². The largest absolute Gasteiger partial charge is 0.330 e. The molecule has 0 bridgehead atoms. The van der Waals surface area contributed by atoms with Crippen LogP contribution in [-0.2, 0) is 0 Å². The Morgan fingerprint density at radius 3 is 1.50 bits per heavy atom. The van der Waals surface area contributed by atoms with Gasteiger partial charge in [-0.15, -0.1) is 0 Å². The van der Waals surface area contributed by atoms with Gasteiger partial charge in [0.1, 0.15) is 0 Å². The van der Waals surface area contributed by atoms with E-state index in [0.29, 0.717) is 0 Å². The van der Waals surface area contributed by atoms with E-state index >= 15 is 0 Å². The fourth-order valence-electron chi connectivity index (χ4n) is 0.950. The van der Waals surface area contributed by atoms with E-state index in [-0.39, 0.29) is 0 Å². The van der Waals surface area contributed by atoms with Crippen LogP contribution in [0.2, 0.25) is 0 Å².